The molecule has 1 aliphatic carbocycles. The Balaban J connectivity index is 1.67. The molecule has 1 aromatic carbocycles. The minimum atomic E-state index is -0.307. The molecule has 0 amide bonds. The van der Waals surface area contributed by atoms with Crippen molar-refractivity contribution >= 4 is 11.2 Å². The lowest BCUT2D eigenvalue weighted by Crippen LogP contribution is -2.14. The van der Waals surface area contributed by atoms with Gasteiger partial charge in [0.15, 0.2) is 5.65 Å². The largest absolute Gasteiger partial charge is 0.473 e. The van der Waals surface area contributed by atoms with Gasteiger partial charge in [0.05, 0.1) is 6.10 Å². The first-order chi connectivity index (χ1) is 11.2. The average Bonchev–Trinajstić information content (AvgIpc) is 3.13. The molecule has 2 aromatic heterocycles. The summed E-state index contributed by atoms with van der Waals surface area (Å²) < 4.78 is 6.00. The van der Waals surface area contributed by atoms with Gasteiger partial charge in [0, 0.05) is 12.0 Å². The molecule has 0 spiro atoms. The van der Waals surface area contributed by atoms with Crippen molar-refractivity contribution in [3.63, 3.8) is 0 Å². The number of benzene rings is 1. The number of ether oxygens (including phenoxy) is 1. The summed E-state index contributed by atoms with van der Waals surface area (Å²) in [6.45, 7) is 2.04. The predicted molar refractivity (Wildman–Crippen MR) is 85.9 cm³/mol. The highest BCUT2D eigenvalue weighted by Crippen LogP contribution is 2.31. The third-order valence-corrected chi connectivity index (χ3v) is 4.38. The Morgan fingerprint density at radius 2 is 2.00 bits per heavy atom. The predicted octanol–water partition coefficient (Wildman–Crippen LogP) is 2.56. The van der Waals surface area contributed by atoms with Crippen molar-refractivity contribution in [2.75, 3.05) is 0 Å². The quantitative estimate of drug-likeness (QED) is 0.776. The van der Waals surface area contributed by atoms with Crippen molar-refractivity contribution in [2.45, 2.75) is 32.0 Å². The average molecular weight is 310 g/mol. The van der Waals surface area contributed by atoms with Gasteiger partial charge in [-0.2, -0.15) is 4.98 Å². The summed E-state index contributed by atoms with van der Waals surface area (Å²) in [6.07, 6.45) is 2.58. The van der Waals surface area contributed by atoms with E-state index in [-0.39, 0.29) is 18.1 Å². The van der Waals surface area contributed by atoms with Gasteiger partial charge in [0.2, 0.25) is 5.88 Å². The van der Waals surface area contributed by atoms with Gasteiger partial charge in [-0.25, -0.2) is 9.97 Å². The molecule has 0 aliphatic heterocycles. The Morgan fingerprint density at radius 1 is 1.17 bits per heavy atom. The minimum absolute atomic E-state index is 0.0263. The Kier molecular flexibility index (Phi) is 3.46. The van der Waals surface area contributed by atoms with Gasteiger partial charge >= 0.3 is 0 Å². The van der Waals surface area contributed by atoms with E-state index in [9.17, 15) is 5.11 Å². The topological polar surface area (TPSA) is 83.9 Å². The Morgan fingerprint density at radius 3 is 2.74 bits per heavy atom. The second-order valence-electron chi connectivity index (χ2n) is 6.08. The lowest BCUT2D eigenvalue weighted by atomic mass is 10.1. The number of aromatic amines is 1. The van der Waals surface area contributed by atoms with E-state index in [1.165, 1.54) is 6.33 Å². The Hall–Kier alpha value is -2.47. The van der Waals surface area contributed by atoms with Crippen molar-refractivity contribution in [1.29, 1.82) is 0 Å². The number of rotatable bonds is 3. The molecular formula is C17H18N4O2. The lowest BCUT2D eigenvalue weighted by molar-refractivity contribution is 0.129. The van der Waals surface area contributed by atoms with Gasteiger partial charge in [0.1, 0.15) is 23.8 Å². The van der Waals surface area contributed by atoms with Gasteiger partial charge in [-0.05, 0) is 12.3 Å². The zero-order valence-electron chi connectivity index (χ0n) is 12.8. The highest BCUT2D eigenvalue weighted by Gasteiger charge is 2.32. The fourth-order valence-corrected chi connectivity index (χ4v) is 3.05. The third-order valence-electron chi connectivity index (χ3n) is 4.38. The molecule has 1 saturated carbocycles. The van der Waals surface area contributed by atoms with E-state index < -0.39 is 0 Å². The Labute approximate surface area is 133 Å². The van der Waals surface area contributed by atoms with E-state index in [1.807, 2.05) is 37.3 Å². The van der Waals surface area contributed by atoms with Crippen LogP contribution in [0.4, 0.5) is 0 Å². The van der Waals surface area contributed by atoms with Gasteiger partial charge in [-0.3, -0.25) is 0 Å². The number of hydrogen-bond donors (Lipinski definition) is 2. The van der Waals surface area contributed by atoms with Crippen LogP contribution in [-0.2, 0) is 0 Å². The molecule has 2 heterocycles. The van der Waals surface area contributed by atoms with E-state index in [4.69, 9.17) is 4.74 Å². The van der Waals surface area contributed by atoms with E-state index in [0.717, 1.165) is 17.8 Å². The molecule has 3 aromatic rings. The van der Waals surface area contributed by atoms with Crippen LogP contribution in [0.25, 0.3) is 22.6 Å². The number of aromatic nitrogens is 4. The zero-order chi connectivity index (χ0) is 15.8. The maximum Gasteiger partial charge on any atom is 0.243 e. The molecule has 23 heavy (non-hydrogen) atoms. The van der Waals surface area contributed by atoms with Crippen LogP contribution in [-0.4, -0.2) is 37.3 Å². The standard InChI is InChI=1S/C17H18N4O2/c1-10-7-12(8-13(10)22)23-17-14-16(18-9-19-17)21-15(20-14)11-5-3-2-4-6-11/h2-6,9-10,12-13,22H,7-8H2,1H3,(H,18,19,20,21)/t10-,12+,13-/m0/s1. The highest BCUT2D eigenvalue weighted by atomic mass is 16.5. The van der Waals surface area contributed by atoms with E-state index in [1.54, 1.807) is 0 Å². The third kappa shape index (κ3) is 2.66. The molecule has 1 aliphatic rings. The van der Waals surface area contributed by atoms with Crippen LogP contribution >= 0.6 is 0 Å². The molecule has 1 fully saturated rings. The van der Waals surface area contributed by atoms with Crippen LogP contribution in [0.5, 0.6) is 5.88 Å². The SMILES string of the molecule is C[C@H]1C[C@@H](Oc2ncnc3nc(-c4ccccc4)[nH]c23)C[C@@H]1O. The van der Waals surface area contributed by atoms with Crippen molar-refractivity contribution in [3.05, 3.63) is 36.7 Å². The molecule has 4 rings (SSSR count). The summed E-state index contributed by atoms with van der Waals surface area (Å²) in [5.41, 5.74) is 2.27. The first-order valence-electron chi connectivity index (χ1n) is 7.81. The van der Waals surface area contributed by atoms with Gasteiger partial charge < -0.3 is 14.8 Å². The lowest BCUT2D eigenvalue weighted by Gasteiger charge is -2.12. The normalized spacial score (nSPS) is 24.2. The molecule has 6 heteroatoms. The van der Waals surface area contributed by atoms with Crippen LogP contribution in [0.1, 0.15) is 19.8 Å². The molecule has 2 N–H and O–H groups in total. The van der Waals surface area contributed by atoms with Crippen molar-refractivity contribution in [3.8, 4) is 17.3 Å². The van der Waals surface area contributed by atoms with Gasteiger partial charge in [0.25, 0.3) is 0 Å². The number of H-pyrrole nitrogens is 1. The van der Waals surface area contributed by atoms with Gasteiger partial charge in [-0.1, -0.05) is 37.3 Å². The van der Waals surface area contributed by atoms with Crippen molar-refractivity contribution < 1.29 is 9.84 Å². The van der Waals surface area contributed by atoms with E-state index >= 15 is 0 Å². The number of imidazole rings is 1. The molecule has 118 valence electrons. The van der Waals surface area contributed by atoms with Crippen LogP contribution in [0.15, 0.2) is 36.7 Å². The van der Waals surface area contributed by atoms with Crippen LogP contribution in [0.2, 0.25) is 0 Å². The van der Waals surface area contributed by atoms with Crippen molar-refractivity contribution in [1.82, 2.24) is 19.9 Å². The van der Waals surface area contributed by atoms with Crippen LogP contribution in [0.3, 0.4) is 0 Å². The molecular weight excluding hydrogens is 292 g/mol. The maximum absolute atomic E-state index is 9.88. The molecule has 6 nitrogen and oxygen atoms in total. The number of aliphatic hydroxyl groups is 1. The molecule has 0 unspecified atom stereocenters. The van der Waals surface area contributed by atoms with E-state index in [0.29, 0.717) is 23.5 Å². The first-order valence-corrected chi connectivity index (χ1v) is 7.81. The number of aliphatic hydroxyl groups excluding tert-OH is 1. The Bertz CT molecular complexity index is 808. The number of fused-ring (bicyclic) bond motifs is 1. The number of nitrogens with zero attached hydrogens (tertiary/aromatic N) is 3. The zero-order valence-corrected chi connectivity index (χ0v) is 12.8. The molecule has 0 saturated heterocycles. The molecule has 0 radical (unpaired) electrons. The summed E-state index contributed by atoms with van der Waals surface area (Å²) in [4.78, 5) is 16.2. The monoisotopic (exact) mass is 310 g/mol. The first kappa shape index (κ1) is 14.1. The van der Waals surface area contributed by atoms with Crippen LogP contribution in [0, 0.1) is 5.92 Å². The fraction of sp³-hybridized carbons (Fsp3) is 0.353. The van der Waals surface area contributed by atoms with E-state index in [2.05, 4.69) is 19.9 Å². The second kappa shape index (κ2) is 5.62. The summed E-state index contributed by atoms with van der Waals surface area (Å²) in [6, 6.07) is 9.87. The summed E-state index contributed by atoms with van der Waals surface area (Å²) >= 11 is 0. The van der Waals surface area contributed by atoms with Gasteiger partial charge in [-0.15, -0.1) is 0 Å². The summed E-state index contributed by atoms with van der Waals surface area (Å²) in [7, 11) is 0. The summed E-state index contributed by atoms with van der Waals surface area (Å²) in [5, 5.41) is 9.88. The minimum Gasteiger partial charge on any atom is -0.473 e. The number of hydrogen-bond acceptors (Lipinski definition) is 5. The fourth-order valence-electron chi connectivity index (χ4n) is 3.05. The number of nitrogens with one attached hydrogen (secondary N) is 1. The van der Waals surface area contributed by atoms with Crippen LogP contribution < -0.4 is 4.74 Å². The molecule has 0 bridgehead atoms. The van der Waals surface area contributed by atoms with Crippen molar-refractivity contribution in [2.24, 2.45) is 5.92 Å². The maximum atomic E-state index is 9.88. The summed E-state index contributed by atoms with van der Waals surface area (Å²) in [5.74, 6) is 1.49. The molecule has 3 atom stereocenters. The highest BCUT2D eigenvalue weighted by molar-refractivity contribution is 5.79. The second-order valence-corrected chi connectivity index (χ2v) is 6.08. The smallest absolute Gasteiger partial charge is 0.243 e.